The average molecular weight is 234 g/mol. The van der Waals surface area contributed by atoms with Gasteiger partial charge >= 0.3 is 0 Å². The number of aliphatic hydroxyl groups excluding tert-OH is 1. The molecule has 1 fully saturated rings. The molecule has 0 aliphatic heterocycles. The first-order valence-corrected chi connectivity index (χ1v) is 5.76. The standard InChI is InChI=1S/C12H18N4O/c1-16(7-8-5-9(17)6-8)12-10(11(13)14)3-2-4-15-12/h2-4,8-9,17H,5-7H2,1H3,(H3,13,14). The van der Waals surface area contributed by atoms with Crippen molar-refractivity contribution in [1.29, 1.82) is 5.41 Å². The van der Waals surface area contributed by atoms with Gasteiger partial charge in [0.15, 0.2) is 0 Å². The lowest BCUT2D eigenvalue weighted by Crippen LogP contribution is -2.38. The topological polar surface area (TPSA) is 86.2 Å². The highest BCUT2D eigenvalue weighted by Crippen LogP contribution is 2.29. The number of hydrogen-bond donors (Lipinski definition) is 3. The Bertz CT molecular complexity index is 415. The monoisotopic (exact) mass is 234 g/mol. The number of nitrogens with zero attached hydrogens (tertiary/aromatic N) is 2. The summed E-state index contributed by atoms with van der Waals surface area (Å²) in [5, 5.41) is 16.8. The number of nitrogens with two attached hydrogens (primary N) is 1. The summed E-state index contributed by atoms with van der Waals surface area (Å²) in [6.45, 7) is 0.842. The second-order valence-electron chi connectivity index (χ2n) is 4.66. The molecule has 0 aromatic carbocycles. The average Bonchev–Trinajstić information content (AvgIpc) is 2.27. The minimum atomic E-state index is -0.135. The molecule has 0 spiro atoms. The van der Waals surface area contributed by atoms with Gasteiger partial charge in [0, 0.05) is 19.8 Å². The fraction of sp³-hybridized carbons (Fsp3) is 0.500. The Balaban J connectivity index is 2.08. The van der Waals surface area contributed by atoms with Crippen molar-refractivity contribution in [1.82, 2.24) is 4.98 Å². The molecular weight excluding hydrogens is 216 g/mol. The Morgan fingerprint density at radius 2 is 2.35 bits per heavy atom. The molecule has 92 valence electrons. The zero-order valence-electron chi connectivity index (χ0n) is 9.93. The Morgan fingerprint density at radius 1 is 1.65 bits per heavy atom. The van der Waals surface area contributed by atoms with Gasteiger partial charge in [-0.1, -0.05) is 0 Å². The molecule has 1 saturated carbocycles. The van der Waals surface area contributed by atoms with Crippen LogP contribution in [0.5, 0.6) is 0 Å². The summed E-state index contributed by atoms with van der Waals surface area (Å²) in [4.78, 5) is 6.28. The van der Waals surface area contributed by atoms with E-state index >= 15 is 0 Å². The largest absolute Gasteiger partial charge is 0.393 e. The van der Waals surface area contributed by atoms with E-state index in [-0.39, 0.29) is 11.9 Å². The number of pyridine rings is 1. The van der Waals surface area contributed by atoms with Crippen LogP contribution in [-0.4, -0.2) is 35.6 Å². The van der Waals surface area contributed by atoms with Crippen LogP contribution in [0.15, 0.2) is 18.3 Å². The molecule has 0 bridgehead atoms. The molecule has 1 aromatic rings. The van der Waals surface area contributed by atoms with E-state index in [4.69, 9.17) is 11.1 Å². The van der Waals surface area contributed by atoms with Crippen LogP contribution in [0.2, 0.25) is 0 Å². The lowest BCUT2D eigenvalue weighted by Gasteiger charge is -2.35. The van der Waals surface area contributed by atoms with Crippen LogP contribution < -0.4 is 10.6 Å². The molecular formula is C12H18N4O. The van der Waals surface area contributed by atoms with Crippen molar-refractivity contribution < 1.29 is 5.11 Å². The Kier molecular flexibility index (Phi) is 3.28. The van der Waals surface area contributed by atoms with Crippen molar-refractivity contribution in [2.24, 2.45) is 11.7 Å². The first-order valence-electron chi connectivity index (χ1n) is 5.76. The third-order valence-electron chi connectivity index (χ3n) is 3.18. The van der Waals surface area contributed by atoms with Crippen LogP contribution in [0.4, 0.5) is 5.82 Å². The predicted octanol–water partition coefficient (Wildman–Crippen LogP) is 0.573. The quantitative estimate of drug-likeness (QED) is 0.525. The molecule has 5 heteroatoms. The van der Waals surface area contributed by atoms with Crippen molar-refractivity contribution in [3.8, 4) is 0 Å². The highest BCUT2D eigenvalue weighted by atomic mass is 16.3. The molecule has 0 unspecified atom stereocenters. The van der Waals surface area contributed by atoms with Crippen molar-refractivity contribution in [2.45, 2.75) is 18.9 Å². The van der Waals surface area contributed by atoms with E-state index in [1.807, 2.05) is 11.9 Å². The van der Waals surface area contributed by atoms with E-state index in [1.54, 1.807) is 18.3 Å². The molecule has 1 aromatic heterocycles. The number of anilines is 1. The number of hydrogen-bond acceptors (Lipinski definition) is 4. The Hall–Kier alpha value is -1.62. The van der Waals surface area contributed by atoms with Gasteiger partial charge in [-0.15, -0.1) is 0 Å². The lowest BCUT2D eigenvalue weighted by molar-refractivity contribution is 0.0464. The van der Waals surface area contributed by atoms with Gasteiger partial charge in [-0.3, -0.25) is 5.41 Å². The SMILES string of the molecule is CN(CC1CC(O)C1)c1ncccc1C(=N)N. The van der Waals surface area contributed by atoms with Crippen LogP contribution in [-0.2, 0) is 0 Å². The molecule has 4 N–H and O–H groups in total. The smallest absolute Gasteiger partial charge is 0.139 e. The molecule has 0 saturated heterocycles. The summed E-state index contributed by atoms with van der Waals surface area (Å²) in [6.07, 6.45) is 3.27. The first-order chi connectivity index (χ1) is 8.08. The van der Waals surface area contributed by atoms with Crippen molar-refractivity contribution in [2.75, 3.05) is 18.5 Å². The zero-order valence-corrected chi connectivity index (χ0v) is 9.93. The molecule has 1 heterocycles. The van der Waals surface area contributed by atoms with Crippen molar-refractivity contribution in [3.05, 3.63) is 23.9 Å². The fourth-order valence-corrected chi connectivity index (χ4v) is 2.23. The van der Waals surface area contributed by atoms with Crippen LogP contribution in [0, 0.1) is 11.3 Å². The summed E-state index contributed by atoms with van der Waals surface area (Å²) >= 11 is 0. The second kappa shape index (κ2) is 4.71. The lowest BCUT2D eigenvalue weighted by atomic mass is 9.82. The van der Waals surface area contributed by atoms with Gasteiger partial charge in [0.2, 0.25) is 0 Å². The molecule has 17 heavy (non-hydrogen) atoms. The minimum Gasteiger partial charge on any atom is -0.393 e. The van der Waals surface area contributed by atoms with Crippen LogP contribution >= 0.6 is 0 Å². The van der Waals surface area contributed by atoms with Crippen molar-refractivity contribution >= 4 is 11.7 Å². The van der Waals surface area contributed by atoms with E-state index in [1.165, 1.54) is 0 Å². The van der Waals surface area contributed by atoms with E-state index in [0.717, 1.165) is 25.2 Å². The van der Waals surface area contributed by atoms with Gasteiger partial charge in [0.25, 0.3) is 0 Å². The van der Waals surface area contributed by atoms with Gasteiger partial charge in [-0.05, 0) is 30.9 Å². The van der Waals surface area contributed by atoms with Crippen LogP contribution in [0.3, 0.4) is 0 Å². The minimum absolute atomic E-state index is 0.0357. The van der Waals surface area contributed by atoms with E-state index in [0.29, 0.717) is 11.5 Å². The number of aliphatic hydroxyl groups is 1. The third-order valence-corrected chi connectivity index (χ3v) is 3.18. The highest BCUT2D eigenvalue weighted by Gasteiger charge is 2.28. The normalized spacial score (nSPS) is 22.9. The molecule has 1 aliphatic carbocycles. The van der Waals surface area contributed by atoms with Gasteiger partial charge in [0.1, 0.15) is 11.7 Å². The second-order valence-corrected chi connectivity index (χ2v) is 4.66. The first kappa shape index (κ1) is 11.9. The summed E-state index contributed by atoms with van der Waals surface area (Å²) in [7, 11) is 1.94. The van der Waals surface area contributed by atoms with Gasteiger partial charge in [-0.25, -0.2) is 4.98 Å². The maximum Gasteiger partial charge on any atom is 0.139 e. The summed E-state index contributed by atoms with van der Waals surface area (Å²) < 4.78 is 0. The Labute approximate surface area is 101 Å². The van der Waals surface area contributed by atoms with E-state index < -0.39 is 0 Å². The van der Waals surface area contributed by atoms with Gasteiger partial charge in [-0.2, -0.15) is 0 Å². The number of nitrogens with one attached hydrogen (secondary N) is 1. The summed E-state index contributed by atoms with van der Waals surface area (Å²) in [6, 6.07) is 3.58. The molecule has 1 aliphatic rings. The number of aromatic nitrogens is 1. The Morgan fingerprint density at radius 3 is 2.94 bits per heavy atom. The predicted molar refractivity (Wildman–Crippen MR) is 67.3 cm³/mol. The zero-order chi connectivity index (χ0) is 12.4. The number of amidine groups is 1. The summed E-state index contributed by atoms with van der Waals surface area (Å²) in [5.74, 6) is 1.28. The molecule has 2 rings (SSSR count). The van der Waals surface area contributed by atoms with Gasteiger partial charge in [0.05, 0.1) is 11.7 Å². The van der Waals surface area contributed by atoms with Crippen LogP contribution in [0.1, 0.15) is 18.4 Å². The molecule has 0 amide bonds. The third kappa shape index (κ3) is 2.55. The molecule has 0 radical (unpaired) electrons. The number of rotatable bonds is 4. The molecule has 0 atom stereocenters. The fourth-order valence-electron chi connectivity index (χ4n) is 2.23. The maximum absolute atomic E-state index is 9.26. The summed E-state index contributed by atoms with van der Waals surface area (Å²) in [5.41, 5.74) is 6.19. The van der Waals surface area contributed by atoms with E-state index in [2.05, 4.69) is 4.98 Å². The number of nitrogen functional groups attached to an aromatic ring is 1. The van der Waals surface area contributed by atoms with Crippen LogP contribution in [0.25, 0.3) is 0 Å². The maximum atomic E-state index is 9.26. The van der Waals surface area contributed by atoms with Gasteiger partial charge < -0.3 is 15.7 Å². The van der Waals surface area contributed by atoms with E-state index in [9.17, 15) is 5.11 Å². The highest BCUT2D eigenvalue weighted by molar-refractivity contribution is 5.99. The van der Waals surface area contributed by atoms with Crippen molar-refractivity contribution in [3.63, 3.8) is 0 Å². The molecule has 5 nitrogen and oxygen atoms in total.